The summed E-state index contributed by atoms with van der Waals surface area (Å²) in [4.78, 5) is 11.9. The largest absolute Gasteiger partial charge is 0.480 e. The predicted octanol–water partition coefficient (Wildman–Crippen LogP) is 3.89. The summed E-state index contributed by atoms with van der Waals surface area (Å²) >= 11 is 1.85. The molecule has 1 unspecified atom stereocenters. The maximum atomic E-state index is 11.9. The number of likely N-dealkylation sites (N-methyl/N-ethyl adjacent to an activating group) is 1. The van der Waals surface area contributed by atoms with E-state index < -0.39 is 11.5 Å². The lowest BCUT2D eigenvalue weighted by atomic mass is 9.87. The minimum atomic E-state index is -0.965. The van der Waals surface area contributed by atoms with Crippen LogP contribution in [0.2, 0.25) is 0 Å². The van der Waals surface area contributed by atoms with Gasteiger partial charge < -0.3 is 5.11 Å². The molecule has 1 rings (SSSR count). The second-order valence-corrected chi connectivity index (χ2v) is 6.40. The molecule has 2 N–H and O–H groups in total. The molecule has 0 fully saturated rings. The molecule has 0 radical (unpaired) electrons. The average molecular weight is 309 g/mol. The topological polar surface area (TPSA) is 49.3 Å². The molecular formula is C17H27NO2S. The third-order valence-electron chi connectivity index (χ3n) is 3.62. The molecule has 3 nitrogen and oxygen atoms in total. The summed E-state index contributed by atoms with van der Waals surface area (Å²) in [6.45, 7) is 4.79. The minimum absolute atomic E-state index is 0.608. The number of carboxylic acids is 1. The molecule has 0 aliphatic rings. The number of hydrogen-bond donors (Lipinski definition) is 2. The van der Waals surface area contributed by atoms with Gasteiger partial charge in [0.1, 0.15) is 5.54 Å². The van der Waals surface area contributed by atoms with Crippen LogP contribution in [0.4, 0.5) is 0 Å². The van der Waals surface area contributed by atoms with E-state index in [1.165, 1.54) is 19.3 Å². The van der Waals surface area contributed by atoms with E-state index in [0.29, 0.717) is 13.0 Å². The van der Waals surface area contributed by atoms with Gasteiger partial charge in [-0.15, -0.1) is 0 Å². The number of hydrogen-bond acceptors (Lipinski definition) is 3. The molecule has 0 saturated carbocycles. The van der Waals surface area contributed by atoms with Gasteiger partial charge in [-0.25, -0.2) is 4.79 Å². The Morgan fingerprint density at radius 3 is 2.48 bits per heavy atom. The molecule has 0 amide bonds. The Bertz CT molecular complexity index is 411. The van der Waals surface area contributed by atoms with Gasteiger partial charge >= 0.3 is 5.97 Å². The molecule has 118 valence electrons. The van der Waals surface area contributed by atoms with Gasteiger partial charge in [-0.1, -0.05) is 57.0 Å². The highest BCUT2D eigenvalue weighted by Crippen LogP contribution is 2.27. The van der Waals surface area contributed by atoms with Crippen LogP contribution in [0.5, 0.6) is 0 Å². The quantitative estimate of drug-likeness (QED) is 0.609. The molecule has 1 aromatic carbocycles. The predicted molar refractivity (Wildman–Crippen MR) is 90.9 cm³/mol. The van der Waals surface area contributed by atoms with E-state index in [2.05, 4.69) is 12.2 Å². The number of carbonyl (C=O) groups is 1. The zero-order valence-electron chi connectivity index (χ0n) is 13.1. The van der Waals surface area contributed by atoms with E-state index >= 15 is 0 Å². The Morgan fingerprint density at radius 1 is 1.19 bits per heavy atom. The fraction of sp³-hybridized carbons (Fsp3) is 0.588. The molecule has 0 aliphatic carbocycles. The second kappa shape index (κ2) is 9.85. The van der Waals surface area contributed by atoms with E-state index in [1.54, 1.807) is 0 Å². The van der Waals surface area contributed by atoms with Crippen molar-refractivity contribution in [3.8, 4) is 0 Å². The molecule has 0 bridgehead atoms. The lowest BCUT2D eigenvalue weighted by Gasteiger charge is -2.31. The first-order valence-corrected chi connectivity index (χ1v) is 8.94. The third-order valence-corrected chi connectivity index (χ3v) is 4.69. The summed E-state index contributed by atoms with van der Waals surface area (Å²) < 4.78 is 0. The van der Waals surface area contributed by atoms with Gasteiger partial charge in [0.15, 0.2) is 0 Å². The van der Waals surface area contributed by atoms with Crippen molar-refractivity contribution in [1.82, 2.24) is 5.32 Å². The Labute approximate surface area is 132 Å². The number of benzene rings is 1. The fourth-order valence-corrected chi connectivity index (χ4v) is 3.51. The first-order valence-electron chi connectivity index (χ1n) is 7.79. The third kappa shape index (κ3) is 5.36. The van der Waals surface area contributed by atoms with Crippen molar-refractivity contribution >= 4 is 17.7 Å². The van der Waals surface area contributed by atoms with Gasteiger partial charge in [0.25, 0.3) is 0 Å². The Hall–Kier alpha value is -1.00. The zero-order chi connectivity index (χ0) is 15.6. The highest BCUT2D eigenvalue weighted by atomic mass is 32.2. The highest BCUT2D eigenvalue weighted by molar-refractivity contribution is 7.99. The molecule has 0 aliphatic heterocycles. The number of nitrogens with one attached hydrogen (secondary N) is 1. The average Bonchev–Trinajstić information content (AvgIpc) is 2.50. The molecule has 0 heterocycles. The van der Waals surface area contributed by atoms with E-state index in [1.807, 2.05) is 49.0 Å². The number of rotatable bonds is 11. The Morgan fingerprint density at radius 2 is 1.90 bits per heavy atom. The Balaban J connectivity index is 2.71. The summed E-state index contributed by atoms with van der Waals surface area (Å²) in [6, 6.07) is 9.52. The number of aliphatic carboxylic acids is 1. The van der Waals surface area contributed by atoms with Crippen LogP contribution in [0, 0.1) is 0 Å². The van der Waals surface area contributed by atoms with Crippen molar-refractivity contribution in [3.05, 3.63) is 35.9 Å². The Kier molecular flexibility index (Phi) is 8.47. The van der Waals surface area contributed by atoms with Gasteiger partial charge in [-0.3, -0.25) is 5.32 Å². The van der Waals surface area contributed by atoms with Crippen molar-refractivity contribution in [2.45, 2.75) is 45.1 Å². The van der Waals surface area contributed by atoms with E-state index in [9.17, 15) is 9.90 Å². The smallest absolute Gasteiger partial charge is 0.328 e. The highest BCUT2D eigenvalue weighted by Gasteiger charge is 2.38. The molecule has 0 saturated heterocycles. The van der Waals surface area contributed by atoms with Crippen LogP contribution in [0.3, 0.4) is 0 Å². The molecular weight excluding hydrogens is 282 g/mol. The van der Waals surface area contributed by atoms with Gasteiger partial charge in [0, 0.05) is 0 Å². The van der Waals surface area contributed by atoms with Gasteiger partial charge in [-0.2, -0.15) is 11.8 Å². The number of carboxylic acid groups (broad SMARTS) is 1. The lowest BCUT2D eigenvalue weighted by molar-refractivity contribution is -0.145. The van der Waals surface area contributed by atoms with Crippen LogP contribution in [-0.2, 0) is 10.3 Å². The number of unbranched alkanes of at least 4 members (excludes halogenated alkanes) is 2. The van der Waals surface area contributed by atoms with Crippen LogP contribution in [0.25, 0.3) is 0 Å². The van der Waals surface area contributed by atoms with Crippen molar-refractivity contribution in [2.24, 2.45) is 0 Å². The normalized spacial score (nSPS) is 13.8. The van der Waals surface area contributed by atoms with Crippen LogP contribution in [0.15, 0.2) is 30.3 Å². The summed E-state index contributed by atoms with van der Waals surface area (Å²) in [7, 11) is 0. The fourth-order valence-electron chi connectivity index (χ4n) is 2.45. The van der Waals surface area contributed by atoms with Gasteiger partial charge in [0.2, 0.25) is 0 Å². The van der Waals surface area contributed by atoms with E-state index in [-0.39, 0.29) is 0 Å². The van der Waals surface area contributed by atoms with Crippen LogP contribution in [-0.4, -0.2) is 29.1 Å². The summed E-state index contributed by atoms with van der Waals surface area (Å²) in [5.74, 6) is 1.19. The summed E-state index contributed by atoms with van der Waals surface area (Å²) in [5.41, 5.74) is -0.123. The van der Waals surface area contributed by atoms with Crippen molar-refractivity contribution in [1.29, 1.82) is 0 Å². The van der Waals surface area contributed by atoms with Crippen LogP contribution >= 0.6 is 11.8 Å². The SMILES string of the molecule is CCCCCSCCC(NCC)(C(=O)O)c1ccccc1. The number of thioether (sulfide) groups is 1. The maximum Gasteiger partial charge on any atom is 0.328 e. The van der Waals surface area contributed by atoms with Crippen LogP contribution in [0.1, 0.15) is 45.1 Å². The van der Waals surface area contributed by atoms with E-state index in [0.717, 1.165) is 17.1 Å². The van der Waals surface area contributed by atoms with Gasteiger partial charge in [-0.05, 0) is 36.5 Å². The van der Waals surface area contributed by atoms with E-state index in [4.69, 9.17) is 0 Å². The van der Waals surface area contributed by atoms with Gasteiger partial charge in [0.05, 0.1) is 0 Å². The molecule has 0 spiro atoms. The van der Waals surface area contributed by atoms with Crippen LogP contribution < -0.4 is 5.32 Å². The molecule has 1 atom stereocenters. The van der Waals surface area contributed by atoms with Crippen molar-refractivity contribution < 1.29 is 9.90 Å². The first-order chi connectivity index (χ1) is 10.2. The summed E-state index contributed by atoms with van der Waals surface area (Å²) in [5, 5.41) is 13.0. The molecule has 1 aromatic rings. The molecule has 0 aromatic heterocycles. The second-order valence-electron chi connectivity index (χ2n) is 5.18. The summed E-state index contributed by atoms with van der Waals surface area (Å²) in [6.07, 6.45) is 4.30. The van der Waals surface area contributed by atoms with Crippen molar-refractivity contribution in [3.63, 3.8) is 0 Å². The lowest BCUT2D eigenvalue weighted by Crippen LogP contribution is -2.49. The molecule has 4 heteroatoms. The first kappa shape index (κ1) is 18.1. The maximum absolute atomic E-state index is 11.9. The molecule has 21 heavy (non-hydrogen) atoms. The minimum Gasteiger partial charge on any atom is -0.480 e. The monoisotopic (exact) mass is 309 g/mol. The standard InChI is InChI=1S/C17H27NO2S/c1-3-5-9-13-21-14-12-17(16(19)20,18-4-2)15-10-7-6-8-11-15/h6-8,10-11,18H,3-5,9,12-14H2,1-2H3,(H,19,20). The van der Waals surface area contributed by atoms with Crippen molar-refractivity contribution in [2.75, 3.05) is 18.1 Å². The zero-order valence-corrected chi connectivity index (χ0v) is 13.9.